The second kappa shape index (κ2) is 7.72. The summed E-state index contributed by atoms with van der Waals surface area (Å²) in [6.07, 6.45) is 1.86. The lowest BCUT2D eigenvalue weighted by Gasteiger charge is -2.03. The van der Waals surface area contributed by atoms with Crippen LogP contribution in [-0.2, 0) is 0 Å². The normalized spacial score (nSPS) is 11.2. The molecule has 0 radical (unpaired) electrons. The zero-order valence-electron chi connectivity index (χ0n) is 14.9. The molecule has 1 aromatic heterocycles. The van der Waals surface area contributed by atoms with Crippen LogP contribution in [0.3, 0.4) is 0 Å². The molecule has 1 heterocycles. The highest BCUT2D eigenvalue weighted by atomic mass is 79.9. The van der Waals surface area contributed by atoms with Gasteiger partial charge in [-0.05, 0) is 36.8 Å². The summed E-state index contributed by atoms with van der Waals surface area (Å²) < 4.78 is 2.93. The van der Waals surface area contributed by atoms with E-state index in [-0.39, 0.29) is 0 Å². The van der Waals surface area contributed by atoms with E-state index in [1.165, 1.54) is 5.56 Å². The van der Waals surface area contributed by atoms with Gasteiger partial charge in [0.2, 0.25) is 0 Å². The molecule has 0 atom stereocenters. The topological polar surface area (TPSA) is 30.2 Å². The van der Waals surface area contributed by atoms with Crippen molar-refractivity contribution >= 4 is 28.0 Å². The number of benzene rings is 3. The minimum atomic E-state index is 0.791. The van der Waals surface area contributed by atoms with Crippen molar-refractivity contribution in [3.8, 4) is 16.9 Å². The van der Waals surface area contributed by atoms with Gasteiger partial charge in [0.05, 0.1) is 11.4 Å². The third-order valence-electron chi connectivity index (χ3n) is 4.25. The molecule has 3 aromatic carbocycles. The summed E-state index contributed by atoms with van der Waals surface area (Å²) in [5, 5.41) is 4.80. The van der Waals surface area contributed by atoms with E-state index in [2.05, 4.69) is 47.1 Å². The predicted octanol–water partition coefficient (Wildman–Crippen LogP) is 6.36. The average molecular weight is 416 g/mol. The van der Waals surface area contributed by atoms with Crippen LogP contribution >= 0.6 is 15.9 Å². The molecule has 3 nitrogen and oxygen atoms in total. The molecule has 0 bridgehead atoms. The van der Waals surface area contributed by atoms with E-state index >= 15 is 0 Å². The molecule has 4 rings (SSSR count). The first-order chi connectivity index (χ1) is 13.2. The summed E-state index contributed by atoms with van der Waals surface area (Å²) in [6.45, 7) is 2.08. The lowest BCUT2D eigenvalue weighted by molar-refractivity contribution is 0.885. The number of aliphatic imine (C=N–C) groups is 1. The molecule has 0 fully saturated rings. The van der Waals surface area contributed by atoms with Gasteiger partial charge in [-0.3, -0.25) is 0 Å². The van der Waals surface area contributed by atoms with Crippen LogP contribution in [0.25, 0.3) is 16.9 Å². The molecular weight excluding hydrogens is 398 g/mol. The van der Waals surface area contributed by atoms with Gasteiger partial charge in [-0.2, -0.15) is 5.10 Å². The molecule has 0 aliphatic carbocycles. The molecule has 0 aliphatic rings. The minimum absolute atomic E-state index is 0.791. The van der Waals surface area contributed by atoms with Crippen molar-refractivity contribution in [2.24, 2.45) is 4.99 Å². The number of aryl methyl sites for hydroxylation is 1. The zero-order chi connectivity index (χ0) is 18.6. The smallest absolute Gasteiger partial charge is 0.156 e. The summed E-state index contributed by atoms with van der Waals surface area (Å²) >= 11 is 3.46. The number of hydrogen-bond donors (Lipinski definition) is 0. The van der Waals surface area contributed by atoms with Gasteiger partial charge >= 0.3 is 0 Å². The molecule has 4 heteroatoms. The number of nitrogens with zero attached hydrogens (tertiary/aromatic N) is 3. The Morgan fingerprint density at radius 3 is 2.30 bits per heavy atom. The van der Waals surface area contributed by atoms with E-state index in [4.69, 9.17) is 10.1 Å². The summed E-state index contributed by atoms with van der Waals surface area (Å²) in [5.74, 6) is 0.791. The molecule has 0 aliphatic heterocycles. The third-order valence-corrected chi connectivity index (χ3v) is 4.78. The summed E-state index contributed by atoms with van der Waals surface area (Å²) in [5.41, 5.74) is 5.24. The van der Waals surface area contributed by atoms with Crippen molar-refractivity contribution < 1.29 is 0 Å². The summed E-state index contributed by atoms with van der Waals surface area (Å²) in [7, 11) is 0. The fourth-order valence-corrected chi connectivity index (χ4v) is 3.04. The SMILES string of the molecule is Cc1ccc(-c2cc(N=Cc3ccc(Br)cc3)n(-c3ccccc3)n2)cc1. The lowest BCUT2D eigenvalue weighted by atomic mass is 10.1. The van der Waals surface area contributed by atoms with Crippen LogP contribution < -0.4 is 0 Å². The third kappa shape index (κ3) is 4.07. The highest BCUT2D eigenvalue weighted by molar-refractivity contribution is 9.10. The first-order valence-corrected chi connectivity index (χ1v) is 9.50. The second-order valence-electron chi connectivity index (χ2n) is 6.31. The molecular formula is C23H18BrN3. The van der Waals surface area contributed by atoms with Gasteiger partial charge < -0.3 is 0 Å². The fraction of sp³-hybridized carbons (Fsp3) is 0.0435. The standard InChI is InChI=1S/C23H18BrN3/c1-17-7-11-19(12-8-17)22-15-23(25-16-18-9-13-20(24)14-10-18)27(26-22)21-5-3-2-4-6-21/h2-16H,1H3. The first-order valence-electron chi connectivity index (χ1n) is 8.71. The van der Waals surface area contributed by atoms with E-state index in [1.807, 2.05) is 71.6 Å². The quantitative estimate of drug-likeness (QED) is 0.356. The Balaban J connectivity index is 1.76. The Morgan fingerprint density at radius 1 is 0.889 bits per heavy atom. The van der Waals surface area contributed by atoms with Crippen LogP contribution in [-0.4, -0.2) is 16.0 Å². The predicted molar refractivity (Wildman–Crippen MR) is 115 cm³/mol. The van der Waals surface area contributed by atoms with E-state index in [0.29, 0.717) is 0 Å². The maximum atomic E-state index is 4.80. The molecule has 4 aromatic rings. The van der Waals surface area contributed by atoms with Crippen LogP contribution in [0.5, 0.6) is 0 Å². The Labute approximate surface area is 167 Å². The van der Waals surface area contributed by atoms with E-state index in [1.54, 1.807) is 0 Å². The van der Waals surface area contributed by atoms with Crippen molar-refractivity contribution in [1.29, 1.82) is 0 Å². The molecule has 0 saturated heterocycles. The number of halogens is 1. The van der Waals surface area contributed by atoms with Crippen molar-refractivity contribution in [1.82, 2.24) is 9.78 Å². The number of rotatable bonds is 4. The average Bonchev–Trinajstić information content (AvgIpc) is 3.13. The molecule has 132 valence electrons. The summed E-state index contributed by atoms with van der Waals surface area (Å²) in [4.78, 5) is 4.71. The largest absolute Gasteiger partial charge is 0.236 e. The molecule has 0 amide bonds. The Morgan fingerprint density at radius 2 is 1.59 bits per heavy atom. The van der Waals surface area contributed by atoms with E-state index in [9.17, 15) is 0 Å². The first kappa shape index (κ1) is 17.4. The Hall–Kier alpha value is -2.98. The van der Waals surface area contributed by atoms with Crippen LogP contribution in [0.1, 0.15) is 11.1 Å². The van der Waals surface area contributed by atoms with Crippen LogP contribution in [0.4, 0.5) is 5.82 Å². The minimum Gasteiger partial charge on any atom is -0.236 e. The second-order valence-corrected chi connectivity index (χ2v) is 7.23. The van der Waals surface area contributed by atoms with E-state index in [0.717, 1.165) is 32.8 Å². The van der Waals surface area contributed by atoms with Crippen LogP contribution in [0, 0.1) is 6.92 Å². The van der Waals surface area contributed by atoms with Gasteiger partial charge in [-0.25, -0.2) is 9.67 Å². The van der Waals surface area contributed by atoms with Gasteiger partial charge in [0.1, 0.15) is 0 Å². The molecule has 0 unspecified atom stereocenters. The Kier molecular flexibility index (Phi) is 4.99. The van der Waals surface area contributed by atoms with Gasteiger partial charge in [0, 0.05) is 22.3 Å². The zero-order valence-corrected chi connectivity index (χ0v) is 16.5. The van der Waals surface area contributed by atoms with Gasteiger partial charge in [0.15, 0.2) is 5.82 Å². The number of hydrogen-bond acceptors (Lipinski definition) is 2. The Bertz CT molecular complexity index is 1060. The number of para-hydroxylation sites is 1. The van der Waals surface area contributed by atoms with Crippen LogP contribution in [0.15, 0.2) is 94.4 Å². The van der Waals surface area contributed by atoms with Crippen molar-refractivity contribution in [2.75, 3.05) is 0 Å². The monoisotopic (exact) mass is 415 g/mol. The molecule has 27 heavy (non-hydrogen) atoms. The lowest BCUT2D eigenvalue weighted by Crippen LogP contribution is -1.96. The van der Waals surface area contributed by atoms with Crippen molar-refractivity contribution in [3.63, 3.8) is 0 Å². The highest BCUT2D eigenvalue weighted by Crippen LogP contribution is 2.27. The van der Waals surface area contributed by atoms with Crippen LogP contribution in [0.2, 0.25) is 0 Å². The van der Waals surface area contributed by atoms with Crippen molar-refractivity contribution in [2.45, 2.75) is 6.92 Å². The maximum absolute atomic E-state index is 4.80. The highest BCUT2D eigenvalue weighted by Gasteiger charge is 2.10. The fourth-order valence-electron chi connectivity index (χ4n) is 2.78. The molecule has 0 saturated carbocycles. The van der Waals surface area contributed by atoms with Gasteiger partial charge in [-0.1, -0.05) is 76.1 Å². The molecule has 0 spiro atoms. The summed E-state index contributed by atoms with van der Waals surface area (Å²) in [6, 6.07) is 28.5. The van der Waals surface area contributed by atoms with Gasteiger partial charge in [0.25, 0.3) is 0 Å². The molecule has 0 N–H and O–H groups in total. The van der Waals surface area contributed by atoms with Gasteiger partial charge in [-0.15, -0.1) is 0 Å². The maximum Gasteiger partial charge on any atom is 0.156 e. The van der Waals surface area contributed by atoms with Crippen molar-refractivity contribution in [3.05, 3.63) is 101 Å². The van der Waals surface area contributed by atoms with E-state index < -0.39 is 0 Å². The number of aromatic nitrogens is 2.